The van der Waals surface area contributed by atoms with Gasteiger partial charge in [-0.05, 0) is 30.3 Å². The zero-order chi connectivity index (χ0) is 15.4. The van der Waals surface area contributed by atoms with Gasteiger partial charge in [0.25, 0.3) is 5.69 Å². The zero-order valence-electron chi connectivity index (χ0n) is 10.7. The fraction of sp³-hybridized carbons (Fsp3) is 0.0714. The minimum atomic E-state index is -1.78. The normalized spacial score (nSPS) is 11.9. The van der Waals surface area contributed by atoms with Crippen molar-refractivity contribution in [2.75, 3.05) is 5.75 Å². The molecule has 0 amide bonds. The summed E-state index contributed by atoms with van der Waals surface area (Å²) in [4.78, 5) is 22.3. The van der Waals surface area contributed by atoms with E-state index in [-0.39, 0.29) is 22.1 Å². The van der Waals surface area contributed by atoms with Crippen LogP contribution in [-0.4, -0.2) is 20.7 Å². The molecule has 5 nitrogen and oxygen atoms in total. The summed E-state index contributed by atoms with van der Waals surface area (Å²) < 4.78 is 12.2. The molecule has 1 unspecified atom stereocenters. The van der Waals surface area contributed by atoms with Crippen LogP contribution >= 0.6 is 11.6 Å². The minimum Gasteiger partial charge on any atom is -0.293 e. The molecule has 0 N–H and O–H groups in total. The molecule has 1 atom stereocenters. The third-order valence-corrected chi connectivity index (χ3v) is 4.35. The molecular weight excluding hydrogens is 314 g/mol. The summed E-state index contributed by atoms with van der Waals surface area (Å²) in [6.07, 6.45) is 0. The second kappa shape index (κ2) is 6.60. The van der Waals surface area contributed by atoms with Crippen LogP contribution in [0.1, 0.15) is 10.4 Å². The molecule has 2 aromatic carbocycles. The van der Waals surface area contributed by atoms with Crippen molar-refractivity contribution < 1.29 is 13.9 Å². The van der Waals surface area contributed by atoms with Crippen molar-refractivity contribution in [1.82, 2.24) is 0 Å². The lowest BCUT2D eigenvalue weighted by Crippen LogP contribution is -2.12. The van der Waals surface area contributed by atoms with E-state index in [2.05, 4.69) is 0 Å². The van der Waals surface area contributed by atoms with Gasteiger partial charge in [-0.25, -0.2) is 0 Å². The smallest absolute Gasteiger partial charge is 0.285 e. The number of rotatable bonds is 5. The van der Waals surface area contributed by atoms with Gasteiger partial charge in [-0.2, -0.15) is 0 Å². The van der Waals surface area contributed by atoms with E-state index >= 15 is 0 Å². The Morgan fingerprint density at radius 2 is 1.76 bits per heavy atom. The number of Topliss-reactive ketones (excluding diaryl/α,β-unsaturated/α-hetero) is 1. The summed E-state index contributed by atoms with van der Waals surface area (Å²) in [5.41, 5.74) is 0.117. The number of halogens is 1. The number of nitrogens with zero attached hydrogens (tertiary/aromatic N) is 1. The molecule has 0 aromatic heterocycles. The number of benzene rings is 2. The number of nitro benzene ring substituents is 1. The van der Waals surface area contributed by atoms with Gasteiger partial charge in [-0.15, -0.1) is 0 Å². The second-order valence-corrected chi connectivity index (χ2v) is 6.00. The van der Waals surface area contributed by atoms with Gasteiger partial charge in [0.1, 0.15) is 4.90 Å². The lowest BCUT2D eigenvalue weighted by atomic mass is 10.1. The van der Waals surface area contributed by atoms with Gasteiger partial charge in [0.2, 0.25) is 0 Å². The summed E-state index contributed by atoms with van der Waals surface area (Å²) in [6.45, 7) is 0. The molecule has 0 bridgehead atoms. The maximum Gasteiger partial charge on any atom is 0.285 e. The van der Waals surface area contributed by atoms with Crippen LogP contribution in [0.3, 0.4) is 0 Å². The average Bonchev–Trinajstić information content (AvgIpc) is 2.47. The van der Waals surface area contributed by atoms with Crippen molar-refractivity contribution in [2.45, 2.75) is 4.90 Å². The van der Waals surface area contributed by atoms with Crippen molar-refractivity contribution in [3.63, 3.8) is 0 Å². The summed E-state index contributed by atoms with van der Waals surface area (Å²) in [6, 6.07) is 11.9. The fourth-order valence-corrected chi connectivity index (χ4v) is 3.01. The van der Waals surface area contributed by atoms with Crippen LogP contribution in [0.15, 0.2) is 53.4 Å². The summed E-state index contributed by atoms with van der Waals surface area (Å²) in [5, 5.41) is 11.4. The molecule has 2 aromatic rings. The van der Waals surface area contributed by atoms with Gasteiger partial charge in [0.15, 0.2) is 5.78 Å². The van der Waals surface area contributed by atoms with Crippen molar-refractivity contribution in [3.8, 4) is 0 Å². The van der Waals surface area contributed by atoms with E-state index in [0.29, 0.717) is 10.6 Å². The SMILES string of the molecule is O=C(CS(=O)c1ccccc1[N+](=O)[O-])c1ccc(Cl)cc1. The molecule has 0 saturated heterocycles. The van der Waals surface area contributed by atoms with Crippen LogP contribution in [0.5, 0.6) is 0 Å². The minimum absolute atomic E-state index is 0.0461. The molecule has 0 aliphatic carbocycles. The van der Waals surface area contributed by atoms with Crippen LogP contribution in [-0.2, 0) is 10.8 Å². The van der Waals surface area contributed by atoms with Gasteiger partial charge < -0.3 is 0 Å². The molecule has 0 radical (unpaired) electrons. The predicted octanol–water partition coefficient (Wildman–Crippen LogP) is 3.24. The standard InChI is InChI=1S/C14H10ClNO4S/c15-11-7-5-10(6-8-11)13(17)9-21(20)14-4-2-1-3-12(14)16(18)19/h1-8H,9H2. The first kappa shape index (κ1) is 15.3. The molecule has 0 fully saturated rings. The van der Waals surface area contributed by atoms with E-state index in [9.17, 15) is 19.1 Å². The first-order valence-corrected chi connectivity index (χ1v) is 7.59. The van der Waals surface area contributed by atoms with Gasteiger partial charge in [-0.3, -0.25) is 19.1 Å². The van der Waals surface area contributed by atoms with E-state index in [1.54, 1.807) is 18.2 Å². The van der Waals surface area contributed by atoms with E-state index in [1.807, 2.05) is 0 Å². The molecule has 0 heterocycles. The third kappa shape index (κ3) is 3.74. The van der Waals surface area contributed by atoms with Crippen LogP contribution < -0.4 is 0 Å². The molecule has 0 saturated carbocycles. The number of carbonyl (C=O) groups is 1. The Kier molecular flexibility index (Phi) is 4.82. The number of hydrogen-bond acceptors (Lipinski definition) is 4. The van der Waals surface area contributed by atoms with Crippen molar-refractivity contribution >= 4 is 33.9 Å². The highest BCUT2D eigenvalue weighted by Gasteiger charge is 2.20. The molecule has 108 valence electrons. The topological polar surface area (TPSA) is 77.3 Å². The van der Waals surface area contributed by atoms with Crippen LogP contribution in [0.4, 0.5) is 5.69 Å². The molecule has 0 aliphatic rings. The first-order valence-electron chi connectivity index (χ1n) is 5.89. The van der Waals surface area contributed by atoms with Crippen molar-refractivity contribution in [1.29, 1.82) is 0 Å². The Bertz CT molecular complexity index is 715. The lowest BCUT2D eigenvalue weighted by Gasteiger charge is -2.03. The van der Waals surface area contributed by atoms with E-state index in [4.69, 9.17) is 11.6 Å². The van der Waals surface area contributed by atoms with Crippen LogP contribution in [0.2, 0.25) is 5.02 Å². The molecule has 7 heteroatoms. The van der Waals surface area contributed by atoms with Gasteiger partial charge in [-0.1, -0.05) is 23.7 Å². The lowest BCUT2D eigenvalue weighted by molar-refractivity contribution is -0.387. The number of nitro groups is 1. The molecule has 2 rings (SSSR count). The van der Waals surface area contributed by atoms with E-state index in [1.165, 1.54) is 30.3 Å². The maximum absolute atomic E-state index is 12.2. The number of ketones is 1. The highest BCUT2D eigenvalue weighted by atomic mass is 35.5. The predicted molar refractivity (Wildman–Crippen MR) is 80.2 cm³/mol. The summed E-state index contributed by atoms with van der Waals surface area (Å²) in [5.74, 6) is -0.671. The van der Waals surface area contributed by atoms with E-state index < -0.39 is 15.7 Å². The Hall–Kier alpha value is -2.05. The summed E-state index contributed by atoms with van der Waals surface area (Å²) in [7, 11) is -1.78. The monoisotopic (exact) mass is 323 g/mol. The third-order valence-electron chi connectivity index (χ3n) is 2.74. The first-order chi connectivity index (χ1) is 9.99. The zero-order valence-corrected chi connectivity index (χ0v) is 12.3. The Morgan fingerprint density at radius 3 is 2.38 bits per heavy atom. The summed E-state index contributed by atoms with van der Waals surface area (Å²) >= 11 is 5.73. The van der Waals surface area contributed by atoms with Crippen molar-refractivity contribution in [2.24, 2.45) is 0 Å². The Labute approximate surface area is 128 Å². The molecular formula is C14H10ClNO4S. The highest BCUT2D eigenvalue weighted by Crippen LogP contribution is 2.22. The van der Waals surface area contributed by atoms with E-state index in [0.717, 1.165) is 0 Å². The largest absolute Gasteiger partial charge is 0.293 e. The number of para-hydroxylation sites is 1. The van der Waals surface area contributed by atoms with Crippen LogP contribution in [0, 0.1) is 10.1 Å². The fourth-order valence-electron chi connectivity index (χ4n) is 1.72. The quantitative estimate of drug-likeness (QED) is 0.481. The van der Waals surface area contributed by atoms with Gasteiger partial charge in [0.05, 0.1) is 21.5 Å². The van der Waals surface area contributed by atoms with Gasteiger partial charge in [0, 0.05) is 16.7 Å². The molecule has 0 spiro atoms. The van der Waals surface area contributed by atoms with Gasteiger partial charge >= 0.3 is 0 Å². The maximum atomic E-state index is 12.2. The molecule has 0 aliphatic heterocycles. The number of carbonyl (C=O) groups excluding carboxylic acids is 1. The Balaban J connectivity index is 2.20. The van der Waals surface area contributed by atoms with Crippen LogP contribution in [0.25, 0.3) is 0 Å². The van der Waals surface area contributed by atoms with Crippen molar-refractivity contribution in [3.05, 3.63) is 69.2 Å². The second-order valence-electron chi connectivity index (χ2n) is 4.14. The highest BCUT2D eigenvalue weighted by molar-refractivity contribution is 7.86. The molecule has 21 heavy (non-hydrogen) atoms. The average molecular weight is 324 g/mol. The Morgan fingerprint density at radius 1 is 1.14 bits per heavy atom. The number of hydrogen-bond donors (Lipinski definition) is 0.